The Morgan fingerprint density at radius 3 is 2.81 bits per heavy atom. The first-order valence-corrected chi connectivity index (χ1v) is 9.23. The van der Waals surface area contributed by atoms with Crippen molar-refractivity contribution in [3.8, 4) is 0 Å². The molecule has 0 aliphatic heterocycles. The number of carbonyl (C=O) groups is 1. The zero-order valence-corrected chi connectivity index (χ0v) is 16.5. The summed E-state index contributed by atoms with van der Waals surface area (Å²) in [6, 6.07) is 7.65. The van der Waals surface area contributed by atoms with E-state index in [1.165, 1.54) is 7.11 Å². The number of aromatic nitrogens is 2. The highest BCUT2D eigenvalue weighted by Crippen LogP contribution is 2.41. The Kier molecular flexibility index (Phi) is 4.36. The van der Waals surface area contributed by atoms with Gasteiger partial charge in [-0.15, -0.1) is 0 Å². The molecule has 2 aromatic heterocycles. The Hall–Kier alpha value is -2.12. The lowest BCUT2D eigenvalue weighted by Crippen LogP contribution is -2.16. The summed E-state index contributed by atoms with van der Waals surface area (Å²) >= 11 is 9.88. The third kappa shape index (κ3) is 3.05. The van der Waals surface area contributed by atoms with E-state index >= 15 is 0 Å². The molecule has 1 aliphatic carbocycles. The van der Waals surface area contributed by atoms with Crippen LogP contribution in [0.25, 0.3) is 11.0 Å². The van der Waals surface area contributed by atoms with E-state index in [0.717, 1.165) is 28.3 Å². The molecule has 26 heavy (non-hydrogen) atoms. The Morgan fingerprint density at radius 1 is 1.35 bits per heavy atom. The number of anilines is 2. The van der Waals surface area contributed by atoms with Crippen molar-refractivity contribution in [2.75, 3.05) is 19.1 Å². The highest BCUT2D eigenvalue weighted by atomic mass is 79.9. The summed E-state index contributed by atoms with van der Waals surface area (Å²) in [4.78, 5) is 22.7. The molecule has 4 rings (SSSR count). The average molecular weight is 437 g/mol. The molecule has 0 spiro atoms. The fraction of sp³-hybridized carbons (Fsp3) is 0.278. The first-order chi connectivity index (χ1) is 12.5. The Labute approximate surface area is 163 Å². The molecule has 0 radical (unpaired) electrons. The minimum Gasteiger partial charge on any atom is -0.464 e. The van der Waals surface area contributed by atoms with E-state index in [1.54, 1.807) is 11.9 Å². The van der Waals surface area contributed by atoms with Crippen molar-refractivity contribution in [3.63, 3.8) is 0 Å². The Morgan fingerprint density at radius 2 is 2.12 bits per heavy atom. The highest BCUT2D eigenvalue weighted by molar-refractivity contribution is 9.10. The van der Waals surface area contributed by atoms with Crippen LogP contribution in [-0.2, 0) is 4.74 Å². The molecule has 8 heteroatoms. The van der Waals surface area contributed by atoms with Gasteiger partial charge in [-0.1, -0.05) is 27.5 Å². The average Bonchev–Trinajstić information content (AvgIpc) is 3.40. The third-order valence-corrected chi connectivity index (χ3v) is 5.13. The molecule has 6 nitrogen and oxygen atoms in total. The summed E-state index contributed by atoms with van der Waals surface area (Å²) < 4.78 is 11.7. The highest BCUT2D eigenvalue weighted by Gasteiger charge is 2.31. The summed E-state index contributed by atoms with van der Waals surface area (Å²) in [5.41, 5.74) is 0.822. The number of esters is 1. The Bertz CT molecular complexity index is 1020. The number of hydrogen-bond acceptors (Lipinski definition) is 6. The van der Waals surface area contributed by atoms with Gasteiger partial charge in [0.1, 0.15) is 16.4 Å². The second-order valence-electron chi connectivity index (χ2n) is 6.16. The van der Waals surface area contributed by atoms with Crippen molar-refractivity contribution in [1.82, 2.24) is 9.97 Å². The molecule has 1 aromatic carbocycles. The van der Waals surface area contributed by atoms with Gasteiger partial charge in [0.25, 0.3) is 0 Å². The van der Waals surface area contributed by atoms with Gasteiger partial charge in [-0.25, -0.2) is 14.8 Å². The molecule has 0 bridgehead atoms. The van der Waals surface area contributed by atoms with E-state index in [4.69, 9.17) is 20.8 Å². The van der Waals surface area contributed by atoms with Crippen LogP contribution in [0, 0.1) is 0 Å². The number of carbonyl (C=O) groups excluding carboxylic acids is 1. The fourth-order valence-corrected chi connectivity index (χ4v) is 3.37. The van der Waals surface area contributed by atoms with Crippen LogP contribution in [0.4, 0.5) is 11.7 Å². The zero-order chi connectivity index (χ0) is 18.4. The van der Waals surface area contributed by atoms with Crippen molar-refractivity contribution in [3.05, 3.63) is 45.3 Å². The van der Waals surface area contributed by atoms with Gasteiger partial charge in [-0.05, 0) is 31.0 Å². The van der Waals surface area contributed by atoms with Gasteiger partial charge in [0.2, 0.25) is 5.88 Å². The van der Waals surface area contributed by atoms with Crippen LogP contribution < -0.4 is 4.90 Å². The molecule has 0 atom stereocenters. The summed E-state index contributed by atoms with van der Waals surface area (Å²) in [7, 11) is 3.09. The maximum atomic E-state index is 12.1. The number of hydrogen-bond donors (Lipinski definition) is 0. The number of ether oxygens (including phenoxy) is 1. The second kappa shape index (κ2) is 6.55. The number of benzene rings is 1. The van der Waals surface area contributed by atoms with Crippen LogP contribution in [0.15, 0.2) is 33.2 Å². The monoisotopic (exact) mass is 435 g/mol. The zero-order valence-electron chi connectivity index (χ0n) is 14.1. The van der Waals surface area contributed by atoms with Crippen LogP contribution in [-0.4, -0.2) is 30.1 Å². The minimum atomic E-state index is -0.581. The van der Waals surface area contributed by atoms with Crippen molar-refractivity contribution < 1.29 is 13.9 Å². The quantitative estimate of drug-likeness (QED) is 0.532. The fourth-order valence-electron chi connectivity index (χ4n) is 2.70. The van der Waals surface area contributed by atoms with Crippen molar-refractivity contribution >= 4 is 56.2 Å². The predicted octanol–water partition coefficient (Wildman–Crippen LogP) is 5.07. The molecule has 1 fully saturated rings. The second-order valence-corrected chi connectivity index (χ2v) is 7.45. The molecular weight excluding hydrogens is 422 g/mol. The molecule has 1 aliphatic rings. The van der Waals surface area contributed by atoms with Crippen LogP contribution in [0.2, 0.25) is 5.02 Å². The molecule has 1 saturated carbocycles. The topological polar surface area (TPSA) is 68.5 Å². The lowest BCUT2D eigenvalue weighted by atomic mass is 10.2. The van der Waals surface area contributed by atoms with E-state index < -0.39 is 5.97 Å². The first-order valence-electron chi connectivity index (χ1n) is 8.06. The van der Waals surface area contributed by atoms with Gasteiger partial charge >= 0.3 is 5.97 Å². The molecular formula is C18H15BrClN3O3. The number of fused-ring (bicyclic) bond motifs is 1. The normalized spacial score (nSPS) is 13.8. The number of furan rings is 1. The summed E-state index contributed by atoms with van der Waals surface area (Å²) in [6.45, 7) is 0. The van der Waals surface area contributed by atoms with E-state index in [2.05, 4.69) is 25.9 Å². The van der Waals surface area contributed by atoms with Gasteiger partial charge in [0, 0.05) is 28.9 Å². The molecule has 0 saturated heterocycles. The van der Waals surface area contributed by atoms with Crippen molar-refractivity contribution in [1.29, 1.82) is 0 Å². The van der Waals surface area contributed by atoms with Crippen LogP contribution >= 0.6 is 27.5 Å². The molecule has 134 valence electrons. The lowest BCUT2D eigenvalue weighted by molar-refractivity contribution is 0.0593. The summed E-state index contributed by atoms with van der Waals surface area (Å²) in [6.07, 6.45) is 2.01. The van der Waals surface area contributed by atoms with Gasteiger partial charge in [0.15, 0.2) is 11.5 Å². The van der Waals surface area contributed by atoms with E-state index in [1.807, 2.05) is 24.3 Å². The molecule has 0 N–H and O–H groups in total. The number of rotatable bonds is 4. The van der Waals surface area contributed by atoms with Crippen LogP contribution in [0.5, 0.6) is 0 Å². The van der Waals surface area contributed by atoms with Crippen LogP contribution in [0.3, 0.4) is 0 Å². The molecule has 0 unspecified atom stereocenters. The maximum Gasteiger partial charge on any atom is 0.358 e. The smallest absolute Gasteiger partial charge is 0.358 e. The van der Waals surface area contributed by atoms with Crippen molar-refractivity contribution in [2.24, 2.45) is 0 Å². The first kappa shape index (κ1) is 17.3. The minimum absolute atomic E-state index is 0.0757. The third-order valence-electron chi connectivity index (χ3n) is 4.29. The van der Waals surface area contributed by atoms with Gasteiger partial charge in [-0.3, -0.25) is 4.90 Å². The van der Waals surface area contributed by atoms with E-state index in [-0.39, 0.29) is 16.6 Å². The summed E-state index contributed by atoms with van der Waals surface area (Å²) in [5.74, 6) is 1.27. The molecule has 2 heterocycles. The maximum absolute atomic E-state index is 12.1. The Balaban J connectivity index is 1.81. The van der Waals surface area contributed by atoms with E-state index in [9.17, 15) is 4.79 Å². The molecule has 3 aromatic rings. The van der Waals surface area contributed by atoms with Gasteiger partial charge in [0.05, 0.1) is 7.11 Å². The van der Waals surface area contributed by atoms with Gasteiger partial charge < -0.3 is 9.15 Å². The summed E-state index contributed by atoms with van der Waals surface area (Å²) in [5, 5.41) is 1.09. The largest absolute Gasteiger partial charge is 0.464 e. The van der Waals surface area contributed by atoms with Crippen LogP contribution in [0.1, 0.15) is 35.1 Å². The number of halogens is 2. The molecule has 0 amide bonds. The predicted molar refractivity (Wildman–Crippen MR) is 102 cm³/mol. The van der Waals surface area contributed by atoms with Gasteiger partial charge in [-0.2, -0.15) is 0 Å². The van der Waals surface area contributed by atoms with E-state index in [0.29, 0.717) is 17.5 Å². The number of nitrogens with zero attached hydrogens (tertiary/aromatic N) is 3. The lowest BCUT2D eigenvalue weighted by Gasteiger charge is -2.18. The van der Waals surface area contributed by atoms with Crippen molar-refractivity contribution in [2.45, 2.75) is 18.8 Å². The standard InChI is InChI=1S/C18H15BrClN3O3/c1-23(13-8-10-7-11(19)5-6-12(10)26-13)17-14(20)15(18(24)25-2)21-16(22-17)9-3-4-9/h5-9H,3-4H2,1-2H3. The number of methoxy groups -OCH3 is 1. The SMILES string of the molecule is COC(=O)c1nc(C2CC2)nc(N(C)c2cc3cc(Br)ccc3o2)c1Cl.